The van der Waals surface area contributed by atoms with Crippen LogP contribution < -0.4 is 15.6 Å². The minimum absolute atomic E-state index is 0.0101. The fourth-order valence-electron chi connectivity index (χ4n) is 3.92. The molecular weight excluding hydrogens is 486 g/mol. The zero-order valence-electron chi connectivity index (χ0n) is 17.2. The molecule has 1 aromatic carbocycles. The van der Waals surface area contributed by atoms with Crippen LogP contribution >= 0.6 is 22.7 Å². The Bertz CT molecular complexity index is 1630. The van der Waals surface area contributed by atoms with Crippen molar-refractivity contribution in [2.45, 2.75) is 17.7 Å². The van der Waals surface area contributed by atoms with Crippen molar-refractivity contribution in [3.8, 4) is 5.00 Å². The van der Waals surface area contributed by atoms with E-state index in [2.05, 4.69) is 4.98 Å². The summed E-state index contributed by atoms with van der Waals surface area (Å²) < 4.78 is 33.8. The quantitative estimate of drug-likeness (QED) is 0.428. The summed E-state index contributed by atoms with van der Waals surface area (Å²) in [5, 5.41) is 3.06. The Morgan fingerprint density at radius 2 is 1.94 bits per heavy atom. The van der Waals surface area contributed by atoms with Gasteiger partial charge in [-0.3, -0.25) is 9.10 Å². The van der Waals surface area contributed by atoms with Crippen molar-refractivity contribution < 1.29 is 17.9 Å². The van der Waals surface area contributed by atoms with Gasteiger partial charge in [0.15, 0.2) is 0 Å². The van der Waals surface area contributed by atoms with Crippen molar-refractivity contribution in [1.29, 1.82) is 0 Å². The molecule has 0 bridgehead atoms. The molecule has 170 valence electrons. The van der Waals surface area contributed by atoms with Gasteiger partial charge in [0.25, 0.3) is 15.6 Å². The van der Waals surface area contributed by atoms with Crippen LogP contribution in [0.2, 0.25) is 0 Å². The lowest BCUT2D eigenvalue weighted by atomic mass is 10.0. The van der Waals surface area contributed by atoms with E-state index in [-0.39, 0.29) is 25.7 Å². The van der Waals surface area contributed by atoms with Crippen LogP contribution in [0.15, 0.2) is 55.6 Å². The van der Waals surface area contributed by atoms with Crippen molar-refractivity contribution in [3.63, 3.8) is 0 Å². The minimum atomic E-state index is -3.90. The van der Waals surface area contributed by atoms with Crippen molar-refractivity contribution in [2.75, 3.05) is 18.0 Å². The number of nitrogens with one attached hydrogen (secondary N) is 1. The van der Waals surface area contributed by atoms with Crippen LogP contribution in [0.25, 0.3) is 15.9 Å². The number of fused-ring (bicyclic) bond motifs is 2. The Balaban J connectivity index is 1.62. The van der Waals surface area contributed by atoms with E-state index in [0.717, 1.165) is 39.2 Å². The SMILES string of the molecule is COC(=O)c1scc2[nH]c(=O)n(-c3cc(S(=O)(=O)N4CCCc5ccccc54)cs3)c(=O)c12. The number of methoxy groups -OCH3 is 1. The number of benzene rings is 1. The summed E-state index contributed by atoms with van der Waals surface area (Å²) in [4.78, 5) is 40.5. The summed E-state index contributed by atoms with van der Waals surface area (Å²) >= 11 is 1.95. The highest BCUT2D eigenvalue weighted by molar-refractivity contribution is 7.93. The van der Waals surface area contributed by atoms with Crippen LogP contribution in [0.5, 0.6) is 0 Å². The molecule has 33 heavy (non-hydrogen) atoms. The molecule has 0 amide bonds. The number of para-hydroxylation sites is 1. The van der Waals surface area contributed by atoms with Gasteiger partial charge in [0.2, 0.25) is 0 Å². The zero-order chi connectivity index (χ0) is 23.3. The Morgan fingerprint density at radius 1 is 1.15 bits per heavy atom. The predicted octanol–water partition coefficient (Wildman–Crippen LogP) is 2.73. The number of nitrogens with zero attached hydrogens (tertiary/aromatic N) is 2. The van der Waals surface area contributed by atoms with E-state index < -0.39 is 27.2 Å². The highest BCUT2D eigenvalue weighted by atomic mass is 32.2. The number of anilines is 1. The topological polar surface area (TPSA) is 119 Å². The maximum Gasteiger partial charge on any atom is 0.348 e. The number of H-pyrrole nitrogens is 1. The van der Waals surface area contributed by atoms with Crippen LogP contribution in [0.1, 0.15) is 21.7 Å². The largest absolute Gasteiger partial charge is 0.465 e. The molecule has 12 heteroatoms. The lowest BCUT2D eigenvalue weighted by Gasteiger charge is -2.30. The number of esters is 1. The highest BCUT2D eigenvalue weighted by Crippen LogP contribution is 2.33. The van der Waals surface area contributed by atoms with Gasteiger partial charge >= 0.3 is 11.7 Å². The first-order chi connectivity index (χ1) is 15.8. The van der Waals surface area contributed by atoms with E-state index >= 15 is 0 Å². The maximum absolute atomic E-state index is 13.4. The van der Waals surface area contributed by atoms with Crippen molar-refractivity contribution >= 4 is 55.3 Å². The maximum atomic E-state index is 13.4. The molecule has 0 unspecified atom stereocenters. The molecule has 4 aromatic rings. The number of rotatable bonds is 4. The lowest BCUT2D eigenvalue weighted by Crippen LogP contribution is -2.35. The van der Waals surface area contributed by atoms with Gasteiger partial charge in [0.1, 0.15) is 14.8 Å². The fraction of sp³-hybridized carbons (Fsp3) is 0.190. The average Bonchev–Trinajstić information content (AvgIpc) is 3.46. The number of carbonyl (C=O) groups excluding carboxylic acids is 1. The third-order valence-electron chi connectivity index (χ3n) is 5.46. The Hall–Kier alpha value is -3.22. The molecule has 0 fully saturated rings. The van der Waals surface area contributed by atoms with Crippen LogP contribution in [0, 0.1) is 0 Å². The molecule has 0 saturated carbocycles. The molecule has 5 rings (SSSR count). The highest BCUT2D eigenvalue weighted by Gasteiger charge is 2.30. The number of sulfonamides is 1. The average molecular weight is 504 g/mol. The van der Waals surface area contributed by atoms with E-state index in [1.165, 1.54) is 28.2 Å². The van der Waals surface area contributed by atoms with E-state index in [1.54, 1.807) is 12.1 Å². The van der Waals surface area contributed by atoms with Crippen molar-refractivity contribution in [3.05, 3.63) is 72.4 Å². The van der Waals surface area contributed by atoms with E-state index in [9.17, 15) is 22.8 Å². The molecule has 1 N–H and O–H groups in total. The first kappa shape index (κ1) is 21.6. The second kappa shape index (κ2) is 7.97. The normalized spacial score (nSPS) is 13.8. The van der Waals surface area contributed by atoms with E-state index in [1.807, 2.05) is 12.1 Å². The summed E-state index contributed by atoms with van der Waals surface area (Å²) in [5.41, 5.74) is 0.365. The van der Waals surface area contributed by atoms with Gasteiger partial charge in [0, 0.05) is 17.3 Å². The third kappa shape index (κ3) is 3.41. The molecule has 0 atom stereocenters. The van der Waals surface area contributed by atoms with Gasteiger partial charge in [-0.05, 0) is 30.5 Å². The summed E-state index contributed by atoms with van der Waals surface area (Å²) in [5.74, 6) is -0.691. The molecule has 9 nitrogen and oxygen atoms in total. The number of aryl methyl sites for hydroxylation is 1. The third-order valence-corrected chi connectivity index (χ3v) is 9.27. The summed E-state index contributed by atoms with van der Waals surface area (Å²) in [6.45, 7) is 0.342. The molecule has 3 aromatic heterocycles. The minimum Gasteiger partial charge on any atom is -0.465 e. The zero-order valence-corrected chi connectivity index (χ0v) is 19.7. The van der Waals surface area contributed by atoms with E-state index in [0.29, 0.717) is 18.7 Å². The predicted molar refractivity (Wildman–Crippen MR) is 127 cm³/mol. The molecule has 0 saturated heterocycles. The molecule has 4 heterocycles. The standard InChI is InChI=1S/C21H17N3O6S3/c1-30-20(26)18-17-14(11-32-18)22-21(27)24(19(17)25)16-9-13(10-31-16)33(28,29)23-8-4-6-12-5-2-3-7-15(12)23/h2-3,5,7,9-11H,4,6,8H2,1H3,(H,22,27). The second-order valence-corrected chi connectivity index (χ2v) is 11.0. The Morgan fingerprint density at radius 3 is 2.73 bits per heavy atom. The number of carbonyl (C=O) groups is 1. The monoisotopic (exact) mass is 503 g/mol. The molecule has 0 radical (unpaired) electrons. The van der Waals surface area contributed by atoms with Gasteiger partial charge in [-0.1, -0.05) is 18.2 Å². The first-order valence-electron chi connectivity index (χ1n) is 9.87. The molecule has 0 aliphatic carbocycles. The van der Waals surface area contributed by atoms with Gasteiger partial charge < -0.3 is 9.72 Å². The number of aromatic nitrogens is 2. The number of aromatic amines is 1. The van der Waals surface area contributed by atoms with Crippen LogP contribution in [-0.4, -0.2) is 37.6 Å². The molecule has 1 aliphatic heterocycles. The first-order valence-corrected chi connectivity index (χ1v) is 13.1. The fourth-order valence-corrected chi connectivity index (χ4v) is 7.62. The second-order valence-electron chi connectivity index (χ2n) is 7.35. The van der Waals surface area contributed by atoms with Gasteiger partial charge in [-0.2, -0.15) is 0 Å². The molecule has 1 aliphatic rings. The van der Waals surface area contributed by atoms with Crippen LogP contribution in [0.4, 0.5) is 5.69 Å². The van der Waals surface area contributed by atoms with E-state index in [4.69, 9.17) is 4.74 Å². The van der Waals surface area contributed by atoms with Crippen molar-refractivity contribution in [1.82, 2.24) is 9.55 Å². The number of hydrogen-bond acceptors (Lipinski definition) is 8. The van der Waals surface area contributed by atoms with Gasteiger partial charge in [-0.15, -0.1) is 22.7 Å². The Kier molecular flexibility index (Phi) is 5.22. The summed E-state index contributed by atoms with van der Waals surface area (Å²) in [7, 11) is -2.70. The van der Waals surface area contributed by atoms with Crippen LogP contribution in [0.3, 0.4) is 0 Å². The number of thiophene rings is 2. The number of hydrogen-bond donors (Lipinski definition) is 1. The Labute approximate surface area is 195 Å². The molecule has 0 spiro atoms. The number of ether oxygens (including phenoxy) is 1. The molecular formula is C21H17N3O6S3. The van der Waals surface area contributed by atoms with Gasteiger partial charge in [0.05, 0.1) is 23.7 Å². The summed E-state index contributed by atoms with van der Waals surface area (Å²) in [6.07, 6.45) is 1.49. The van der Waals surface area contributed by atoms with Crippen molar-refractivity contribution in [2.24, 2.45) is 0 Å². The van der Waals surface area contributed by atoms with Crippen LogP contribution in [-0.2, 0) is 21.2 Å². The smallest absolute Gasteiger partial charge is 0.348 e. The summed E-state index contributed by atoms with van der Waals surface area (Å²) in [6, 6.07) is 8.65. The lowest BCUT2D eigenvalue weighted by molar-refractivity contribution is 0.0608. The van der Waals surface area contributed by atoms with Gasteiger partial charge in [-0.25, -0.2) is 22.6 Å².